The van der Waals surface area contributed by atoms with Gasteiger partial charge in [-0.2, -0.15) is 11.8 Å². The van der Waals surface area contributed by atoms with Crippen molar-refractivity contribution in [1.82, 2.24) is 9.55 Å². The standard InChI is InChI=1S/C14H25N3S/c1-2-9-17-10-8-16-14(17)13(15)11-18-12-6-4-3-5-7-12/h8,10,12-13H,2-7,9,11,15H2,1H3. The maximum Gasteiger partial charge on any atom is 0.126 e. The minimum atomic E-state index is 0.0819. The van der Waals surface area contributed by atoms with Gasteiger partial charge in [0.05, 0.1) is 6.04 Å². The van der Waals surface area contributed by atoms with E-state index >= 15 is 0 Å². The molecule has 0 radical (unpaired) electrons. The molecular formula is C14H25N3S. The molecule has 0 saturated heterocycles. The Hall–Kier alpha value is -0.480. The molecule has 1 aromatic heterocycles. The van der Waals surface area contributed by atoms with Crippen LogP contribution in [0.4, 0.5) is 0 Å². The van der Waals surface area contributed by atoms with Crippen molar-refractivity contribution in [2.45, 2.75) is 63.3 Å². The first-order valence-electron chi connectivity index (χ1n) is 7.19. The average Bonchev–Trinajstić information content (AvgIpc) is 2.86. The molecule has 1 aliphatic carbocycles. The fourth-order valence-corrected chi connectivity index (χ4v) is 3.92. The van der Waals surface area contributed by atoms with Crippen LogP contribution in [0.1, 0.15) is 57.3 Å². The maximum atomic E-state index is 6.28. The highest BCUT2D eigenvalue weighted by atomic mass is 32.2. The summed E-state index contributed by atoms with van der Waals surface area (Å²) in [6.45, 7) is 3.21. The van der Waals surface area contributed by atoms with Crippen molar-refractivity contribution in [3.63, 3.8) is 0 Å². The molecule has 18 heavy (non-hydrogen) atoms. The SMILES string of the molecule is CCCn1ccnc1C(N)CSC1CCCCC1. The molecule has 1 fully saturated rings. The number of nitrogens with zero attached hydrogens (tertiary/aromatic N) is 2. The fourth-order valence-electron chi connectivity index (χ4n) is 2.63. The normalized spacial score (nSPS) is 19.0. The summed E-state index contributed by atoms with van der Waals surface area (Å²) < 4.78 is 2.20. The Kier molecular flexibility index (Phi) is 5.57. The molecule has 2 rings (SSSR count). The van der Waals surface area contributed by atoms with Gasteiger partial charge in [0, 0.05) is 29.9 Å². The highest BCUT2D eigenvalue weighted by Gasteiger charge is 2.17. The van der Waals surface area contributed by atoms with Gasteiger partial charge in [-0.15, -0.1) is 0 Å². The number of aromatic nitrogens is 2. The van der Waals surface area contributed by atoms with Crippen LogP contribution in [0.15, 0.2) is 12.4 Å². The first kappa shape index (κ1) is 13.9. The molecular weight excluding hydrogens is 242 g/mol. The molecule has 1 aliphatic rings. The van der Waals surface area contributed by atoms with Crippen LogP contribution in [0, 0.1) is 0 Å². The summed E-state index contributed by atoms with van der Waals surface area (Å²) in [5, 5.41) is 0.833. The van der Waals surface area contributed by atoms with Crippen LogP contribution in [0.25, 0.3) is 0 Å². The Labute approximate surface area is 115 Å². The molecule has 1 unspecified atom stereocenters. The maximum absolute atomic E-state index is 6.28. The molecule has 0 spiro atoms. The predicted molar refractivity (Wildman–Crippen MR) is 78.8 cm³/mol. The third kappa shape index (κ3) is 3.75. The minimum Gasteiger partial charge on any atom is -0.334 e. The van der Waals surface area contributed by atoms with Crippen molar-refractivity contribution in [1.29, 1.82) is 0 Å². The van der Waals surface area contributed by atoms with Crippen molar-refractivity contribution >= 4 is 11.8 Å². The van der Waals surface area contributed by atoms with Crippen molar-refractivity contribution in [2.24, 2.45) is 5.73 Å². The van der Waals surface area contributed by atoms with E-state index in [2.05, 4.69) is 28.2 Å². The Morgan fingerprint density at radius 3 is 2.94 bits per heavy atom. The summed E-state index contributed by atoms with van der Waals surface area (Å²) in [6.07, 6.45) is 12.0. The van der Waals surface area contributed by atoms with Gasteiger partial charge in [0.15, 0.2) is 0 Å². The van der Waals surface area contributed by atoms with Crippen LogP contribution in [-0.4, -0.2) is 20.6 Å². The van der Waals surface area contributed by atoms with Gasteiger partial charge in [0.25, 0.3) is 0 Å². The molecule has 0 bridgehead atoms. The van der Waals surface area contributed by atoms with E-state index in [1.165, 1.54) is 32.1 Å². The number of imidazole rings is 1. The number of rotatable bonds is 6. The molecule has 1 atom stereocenters. The summed E-state index contributed by atoms with van der Waals surface area (Å²) >= 11 is 2.05. The summed E-state index contributed by atoms with van der Waals surface area (Å²) in [4.78, 5) is 4.42. The molecule has 4 heteroatoms. The highest BCUT2D eigenvalue weighted by Crippen LogP contribution is 2.30. The van der Waals surface area contributed by atoms with Gasteiger partial charge < -0.3 is 10.3 Å². The molecule has 1 saturated carbocycles. The van der Waals surface area contributed by atoms with E-state index in [1.807, 2.05) is 12.4 Å². The van der Waals surface area contributed by atoms with Gasteiger partial charge in [-0.05, 0) is 19.3 Å². The van der Waals surface area contributed by atoms with Crippen molar-refractivity contribution in [3.05, 3.63) is 18.2 Å². The summed E-state index contributed by atoms with van der Waals surface area (Å²) in [5.41, 5.74) is 6.28. The van der Waals surface area contributed by atoms with E-state index < -0.39 is 0 Å². The van der Waals surface area contributed by atoms with Gasteiger partial charge in [-0.25, -0.2) is 4.98 Å². The molecule has 0 aromatic carbocycles. The van der Waals surface area contributed by atoms with Gasteiger partial charge in [-0.1, -0.05) is 26.2 Å². The van der Waals surface area contributed by atoms with E-state index in [0.717, 1.165) is 29.8 Å². The molecule has 1 heterocycles. The lowest BCUT2D eigenvalue weighted by Crippen LogP contribution is -2.21. The zero-order chi connectivity index (χ0) is 12.8. The second-order valence-electron chi connectivity index (χ2n) is 5.18. The van der Waals surface area contributed by atoms with E-state index in [4.69, 9.17) is 5.73 Å². The number of hydrogen-bond donors (Lipinski definition) is 1. The first-order chi connectivity index (χ1) is 8.81. The van der Waals surface area contributed by atoms with E-state index in [0.29, 0.717) is 0 Å². The third-order valence-corrected chi connectivity index (χ3v) is 5.10. The van der Waals surface area contributed by atoms with Gasteiger partial charge in [0.2, 0.25) is 0 Å². The lowest BCUT2D eigenvalue weighted by molar-refractivity contribution is 0.515. The Morgan fingerprint density at radius 2 is 2.22 bits per heavy atom. The second-order valence-corrected chi connectivity index (χ2v) is 6.51. The van der Waals surface area contributed by atoms with Gasteiger partial charge >= 0.3 is 0 Å². The second kappa shape index (κ2) is 7.19. The van der Waals surface area contributed by atoms with Crippen LogP contribution in [0.3, 0.4) is 0 Å². The molecule has 0 amide bonds. The van der Waals surface area contributed by atoms with E-state index in [9.17, 15) is 0 Å². The van der Waals surface area contributed by atoms with Crippen molar-refractivity contribution < 1.29 is 0 Å². The average molecular weight is 267 g/mol. The molecule has 1 aromatic rings. The quantitative estimate of drug-likeness (QED) is 0.859. The highest BCUT2D eigenvalue weighted by molar-refractivity contribution is 7.99. The van der Waals surface area contributed by atoms with Crippen molar-refractivity contribution in [3.8, 4) is 0 Å². The Morgan fingerprint density at radius 1 is 1.44 bits per heavy atom. The minimum absolute atomic E-state index is 0.0819. The topological polar surface area (TPSA) is 43.8 Å². The predicted octanol–water partition coefficient (Wildman–Crippen LogP) is 3.36. The van der Waals surface area contributed by atoms with Gasteiger partial charge in [0.1, 0.15) is 5.82 Å². The van der Waals surface area contributed by atoms with E-state index in [1.54, 1.807) is 0 Å². The third-order valence-electron chi connectivity index (χ3n) is 3.61. The lowest BCUT2D eigenvalue weighted by atomic mass is 10.0. The van der Waals surface area contributed by atoms with Crippen LogP contribution < -0.4 is 5.73 Å². The zero-order valence-electron chi connectivity index (χ0n) is 11.3. The summed E-state index contributed by atoms with van der Waals surface area (Å²) in [6, 6.07) is 0.0819. The monoisotopic (exact) mass is 267 g/mol. The Balaban J connectivity index is 1.82. The number of aryl methyl sites for hydroxylation is 1. The molecule has 2 N–H and O–H groups in total. The van der Waals surface area contributed by atoms with Crippen LogP contribution in [0.5, 0.6) is 0 Å². The van der Waals surface area contributed by atoms with Crippen LogP contribution in [0.2, 0.25) is 0 Å². The van der Waals surface area contributed by atoms with Crippen LogP contribution >= 0.6 is 11.8 Å². The zero-order valence-corrected chi connectivity index (χ0v) is 12.2. The lowest BCUT2D eigenvalue weighted by Gasteiger charge is -2.22. The largest absolute Gasteiger partial charge is 0.334 e. The Bertz CT molecular complexity index is 345. The van der Waals surface area contributed by atoms with Gasteiger partial charge in [-0.3, -0.25) is 0 Å². The van der Waals surface area contributed by atoms with Crippen LogP contribution in [-0.2, 0) is 6.54 Å². The van der Waals surface area contributed by atoms with E-state index in [-0.39, 0.29) is 6.04 Å². The first-order valence-corrected chi connectivity index (χ1v) is 8.24. The number of thioether (sulfide) groups is 1. The summed E-state index contributed by atoms with van der Waals surface area (Å²) in [7, 11) is 0. The smallest absolute Gasteiger partial charge is 0.126 e. The number of hydrogen-bond acceptors (Lipinski definition) is 3. The van der Waals surface area contributed by atoms with Crippen molar-refractivity contribution in [2.75, 3.05) is 5.75 Å². The molecule has 102 valence electrons. The number of nitrogens with two attached hydrogens (primary N) is 1. The molecule has 3 nitrogen and oxygen atoms in total. The fraction of sp³-hybridized carbons (Fsp3) is 0.786. The molecule has 0 aliphatic heterocycles. The summed E-state index contributed by atoms with van der Waals surface area (Å²) in [5.74, 6) is 2.06.